The largest absolute Gasteiger partial charge is 0.364 e. The number of carbonyl (C=O) groups is 1. The topological polar surface area (TPSA) is 61.4 Å². The minimum Gasteiger partial charge on any atom is -0.364 e. The minimum absolute atomic E-state index is 0.0647. The van der Waals surface area contributed by atoms with Crippen LogP contribution in [0.4, 0.5) is 11.6 Å². The van der Waals surface area contributed by atoms with Crippen LogP contribution in [0.2, 0.25) is 0 Å². The molecule has 0 radical (unpaired) electrons. The fourth-order valence-electron chi connectivity index (χ4n) is 4.13. The van der Waals surface area contributed by atoms with Crippen molar-refractivity contribution in [3.63, 3.8) is 0 Å². The van der Waals surface area contributed by atoms with Crippen molar-refractivity contribution < 1.29 is 4.79 Å². The van der Waals surface area contributed by atoms with E-state index >= 15 is 0 Å². The zero-order valence-electron chi connectivity index (χ0n) is 16.0. The fourth-order valence-corrected chi connectivity index (χ4v) is 4.13. The fraction of sp³-hybridized carbons (Fsp3) is 0.476. The molecule has 0 bridgehead atoms. The lowest BCUT2D eigenvalue weighted by Gasteiger charge is -2.49. The van der Waals surface area contributed by atoms with E-state index in [1.54, 1.807) is 12.4 Å². The average molecular weight is 365 g/mol. The van der Waals surface area contributed by atoms with Gasteiger partial charge in [0.15, 0.2) is 0 Å². The molecule has 0 spiro atoms. The summed E-state index contributed by atoms with van der Waals surface area (Å²) in [5, 5.41) is 3.15. The molecular formula is C21H27N5O. The quantitative estimate of drug-likeness (QED) is 0.899. The predicted octanol–water partition coefficient (Wildman–Crippen LogP) is 2.12. The number of para-hydroxylation sites is 1. The van der Waals surface area contributed by atoms with Crippen molar-refractivity contribution in [3.8, 4) is 0 Å². The Morgan fingerprint density at radius 1 is 1.19 bits per heavy atom. The van der Waals surface area contributed by atoms with Gasteiger partial charge in [-0.05, 0) is 30.0 Å². The van der Waals surface area contributed by atoms with Crippen molar-refractivity contribution in [1.29, 1.82) is 0 Å². The van der Waals surface area contributed by atoms with Crippen LogP contribution in [0, 0.1) is 11.8 Å². The molecule has 1 N–H and O–H groups in total. The summed E-state index contributed by atoms with van der Waals surface area (Å²) in [5.41, 5.74) is 2.53. The van der Waals surface area contributed by atoms with Gasteiger partial charge in [-0.25, -0.2) is 9.97 Å². The van der Waals surface area contributed by atoms with Crippen LogP contribution >= 0.6 is 0 Å². The van der Waals surface area contributed by atoms with Gasteiger partial charge >= 0.3 is 0 Å². The lowest BCUT2D eigenvalue weighted by Crippen LogP contribution is -2.61. The van der Waals surface area contributed by atoms with Crippen LogP contribution in [-0.2, 0) is 11.2 Å². The van der Waals surface area contributed by atoms with Crippen LogP contribution in [0.5, 0.6) is 0 Å². The first-order valence-corrected chi connectivity index (χ1v) is 9.77. The maximum atomic E-state index is 13.0. The Morgan fingerprint density at radius 3 is 2.74 bits per heavy atom. The number of benzene rings is 1. The second kappa shape index (κ2) is 7.55. The second-order valence-electron chi connectivity index (χ2n) is 7.83. The maximum absolute atomic E-state index is 13.0. The molecular weight excluding hydrogens is 338 g/mol. The number of carbonyl (C=O) groups excluding carboxylic acids is 1. The number of anilines is 2. The van der Waals surface area contributed by atoms with E-state index in [-0.39, 0.29) is 17.9 Å². The summed E-state index contributed by atoms with van der Waals surface area (Å²) in [6, 6.07) is 10.4. The Balaban J connectivity index is 1.61. The summed E-state index contributed by atoms with van der Waals surface area (Å²) in [6.45, 7) is 7.45. The van der Waals surface area contributed by atoms with Crippen LogP contribution in [0.3, 0.4) is 0 Å². The van der Waals surface area contributed by atoms with Gasteiger partial charge in [-0.1, -0.05) is 32.0 Å². The van der Waals surface area contributed by atoms with Gasteiger partial charge in [-0.3, -0.25) is 4.79 Å². The van der Waals surface area contributed by atoms with E-state index in [9.17, 15) is 4.79 Å². The van der Waals surface area contributed by atoms with Crippen molar-refractivity contribution in [1.82, 2.24) is 15.3 Å². The molecule has 2 aromatic rings. The lowest BCUT2D eigenvalue weighted by molar-refractivity contribution is -0.126. The Hall–Kier alpha value is -2.63. The Morgan fingerprint density at radius 2 is 1.96 bits per heavy atom. The summed E-state index contributed by atoms with van der Waals surface area (Å²) in [7, 11) is 0. The summed E-state index contributed by atoms with van der Waals surface area (Å²) < 4.78 is 0. The van der Waals surface area contributed by atoms with Gasteiger partial charge < -0.3 is 15.1 Å². The Bertz CT molecular complexity index is 794. The van der Waals surface area contributed by atoms with Gasteiger partial charge in [0.1, 0.15) is 0 Å². The van der Waals surface area contributed by atoms with Crippen molar-refractivity contribution in [2.75, 3.05) is 36.0 Å². The van der Waals surface area contributed by atoms with Gasteiger partial charge in [-0.2, -0.15) is 0 Å². The molecule has 27 heavy (non-hydrogen) atoms. The molecule has 2 aliphatic heterocycles. The van der Waals surface area contributed by atoms with Gasteiger partial charge in [-0.15, -0.1) is 0 Å². The molecule has 6 heteroatoms. The van der Waals surface area contributed by atoms with E-state index in [2.05, 4.69) is 63.2 Å². The van der Waals surface area contributed by atoms with Crippen molar-refractivity contribution in [2.45, 2.75) is 26.3 Å². The highest BCUT2D eigenvalue weighted by molar-refractivity contribution is 5.82. The molecule has 1 fully saturated rings. The first-order valence-electron chi connectivity index (χ1n) is 9.77. The molecule has 3 heterocycles. The van der Waals surface area contributed by atoms with Gasteiger partial charge in [0.25, 0.3) is 0 Å². The van der Waals surface area contributed by atoms with E-state index in [0.717, 1.165) is 38.5 Å². The first-order chi connectivity index (χ1) is 13.1. The van der Waals surface area contributed by atoms with E-state index < -0.39 is 0 Å². The zero-order chi connectivity index (χ0) is 18.8. The van der Waals surface area contributed by atoms with Gasteiger partial charge in [0.2, 0.25) is 11.9 Å². The first kappa shape index (κ1) is 17.8. The van der Waals surface area contributed by atoms with Crippen LogP contribution in [0.1, 0.15) is 19.4 Å². The highest BCUT2D eigenvalue weighted by atomic mass is 16.1. The summed E-state index contributed by atoms with van der Waals surface area (Å²) in [6.07, 6.45) is 4.33. The molecule has 1 saturated heterocycles. The number of nitrogens with one attached hydrogen (secondary N) is 1. The summed E-state index contributed by atoms with van der Waals surface area (Å²) >= 11 is 0. The molecule has 4 rings (SSSR count). The maximum Gasteiger partial charge on any atom is 0.225 e. The van der Waals surface area contributed by atoms with Crippen LogP contribution < -0.4 is 15.1 Å². The second-order valence-corrected chi connectivity index (χ2v) is 7.83. The molecule has 142 valence electrons. The highest BCUT2D eigenvalue weighted by Crippen LogP contribution is 2.36. The molecule has 0 saturated carbocycles. The number of nitrogens with zero attached hydrogens (tertiary/aromatic N) is 4. The number of aromatic nitrogens is 2. The van der Waals surface area contributed by atoms with Gasteiger partial charge in [0.05, 0.1) is 12.0 Å². The van der Waals surface area contributed by atoms with Crippen LogP contribution in [0.15, 0.2) is 42.7 Å². The number of hydrogen-bond donors (Lipinski definition) is 1. The lowest BCUT2D eigenvalue weighted by atomic mass is 9.83. The highest BCUT2D eigenvalue weighted by Gasteiger charge is 2.41. The number of piperazine rings is 1. The molecule has 2 aliphatic rings. The number of fused-ring (bicyclic) bond motifs is 3. The number of hydrogen-bond acceptors (Lipinski definition) is 5. The molecule has 1 aromatic heterocycles. The zero-order valence-corrected chi connectivity index (χ0v) is 16.0. The van der Waals surface area contributed by atoms with Crippen molar-refractivity contribution in [3.05, 3.63) is 48.3 Å². The third kappa shape index (κ3) is 3.61. The third-order valence-electron chi connectivity index (χ3n) is 5.48. The predicted molar refractivity (Wildman–Crippen MR) is 107 cm³/mol. The Kier molecular flexibility index (Phi) is 4.97. The van der Waals surface area contributed by atoms with E-state index in [1.807, 2.05) is 6.07 Å². The normalized spacial score (nSPS) is 21.6. The van der Waals surface area contributed by atoms with E-state index in [0.29, 0.717) is 5.92 Å². The molecule has 2 atom stereocenters. The summed E-state index contributed by atoms with van der Waals surface area (Å²) in [4.78, 5) is 26.5. The molecule has 6 nitrogen and oxygen atoms in total. The Labute approximate surface area is 160 Å². The third-order valence-corrected chi connectivity index (χ3v) is 5.48. The van der Waals surface area contributed by atoms with Gasteiger partial charge in [0, 0.05) is 44.3 Å². The monoisotopic (exact) mass is 365 g/mol. The van der Waals surface area contributed by atoms with Crippen molar-refractivity contribution in [2.24, 2.45) is 11.8 Å². The van der Waals surface area contributed by atoms with Crippen LogP contribution in [-0.4, -0.2) is 48.1 Å². The smallest absolute Gasteiger partial charge is 0.225 e. The average Bonchev–Trinajstić information content (AvgIpc) is 2.71. The molecule has 0 unspecified atom stereocenters. The van der Waals surface area contributed by atoms with E-state index in [1.165, 1.54) is 11.3 Å². The SMILES string of the molecule is CC(C)CNC(=O)[C@@H]1Cc2ccccc2N2CCN(c3ncccn3)C[C@@H]12. The van der Waals surface area contributed by atoms with Crippen molar-refractivity contribution >= 4 is 17.5 Å². The summed E-state index contributed by atoms with van der Waals surface area (Å²) in [5.74, 6) is 1.29. The number of rotatable bonds is 4. The van der Waals surface area contributed by atoms with Crippen LogP contribution in [0.25, 0.3) is 0 Å². The minimum atomic E-state index is -0.0647. The molecule has 1 aromatic carbocycles. The molecule has 1 amide bonds. The van der Waals surface area contributed by atoms with E-state index in [4.69, 9.17) is 0 Å². The number of amides is 1. The molecule has 0 aliphatic carbocycles. The standard InChI is InChI=1S/C21H27N5O/c1-15(2)13-24-20(27)17-12-16-6-3-4-7-18(16)26-11-10-25(14-19(17)26)21-22-8-5-9-23-21/h3-9,15,17,19H,10-14H2,1-2H3,(H,24,27)/t17-,19+/m1/s1.